The number of aromatic nitrogens is 1. The first kappa shape index (κ1) is 14.2. The Balaban J connectivity index is 1.80. The van der Waals surface area contributed by atoms with Gasteiger partial charge in [0.05, 0.1) is 17.7 Å². The summed E-state index contributed by atoms with van der Waals surface area (Å²) in [6.45, 7) is 4.50. The predicted molar refractivity (Wildman–Crippen MR) is 79.4 cm³/mol. The van der Waals surface area contributed by atoms with Crippen LogP contribution in [0.1, 0.15) is 63.3 Å². The summed E-state index contributed by atoms with van der Waals surface area (Å²) in [5.74, 6) is 0.344. The Morgan fingerprint density at radius 1 is 1.24 bits per heavy atom. The first-order valence-corrected chi connectivity index (χ1v) is 7.82. The van der Waals surface area contributed by atoms with Gasteiger partial charge in [0, 0.05) is 12.1 Å². The molecule has 2 amide bonds. The van der Waals surface area contributed by atoms with Crippen LogP contribution in [0.5, 0.6) is 0 Å². The maximum absolute atomic E-state index is 12.6. The maximum Gasteiger partial charge on any atom is 0.236 e. The number of pyridine rings is 1. The number of carbonyl (C=O) groups is 2. The van der Waals surface area contributed by atoms with E-state index in [1.165, 1.54) is 4.90 Å². The molecule has 4 heteroatoms. The van der Waals surface area contributed by atoms with E-state index in [4.69, 9.17) is 0 Å². The highest BCUT2D eigenvalue weighted by Crippen LogP contribution is 2.47. The normalized spacial score (nSPS) is 21.0. The Morgan fingerprint density at radius 2 is 1.95 bits per heavy atom. The van der Waals surface area contributed by atoms with E-state index in [1.54, 1.807) is 0 Å². The van der Waals surface area contributed by atoms with Gasteiger partial charge in [-0.15, -0.1) is 0 Å². The summed E-state index contributed by atoms with van der Waals surface area (Å²) in [6.07, 6.45) is 4.26. The number of hydrogen-bond acceptors (Lipinski definition) is 3. The van der Waals surface area contributed by atoms with Gasteiger partial charge in [-0.2, -0.15) is 0 Å². The largest absolute Gasteiger partial charge is 0.276 e. The molecule has 0 radical (unpaired) electrons. The summed E-state index contributed by atoms with van der Waals surface area (Å²) >= 11 is 0. The fourth-order valence-corrected chi connectivity index (χ4v) is 3.53. The number of carbonyl (C=O) groups excluding carboxylic acids is 2. The minimum absolute atomic E-state index is 0.0290. The summed E-state index contributed by atoms with van der Waals surface area (Å²) in [6, 6.07) is 5.83. The van der Waals surface area contributed by atoms with E-state index in [9.17, 15) is 9.59 Å². The Bertz CT molecular complexity index is 574. The lowest BCUT2D eigenvalue weighted by Gasteiger charge is -2.21. The fourth-order valence-electron chi connectivity index (χ4n) is 3.53. The van der Waals surface area contributed by atoms with Crippen molar-refractivity contribution in [3.05, 3.63) is 29.6 Å². The third-order valence-corrected chi connectivity index (χ3v) is 4.79. The molecule has 4 nitrogen and oxygen atoms in total. The lowest BCUT2D eigenvalue weighted by molar-refractivity contribution is -0.142. The summed E-state index contributed by atoms with van der Waals surface area (Å²) in [5.41, 5.74) is 1.42. The van der Waals surface area contributed by atoms with Crippen LogP contribution in [0.4, 0.5) is 0 Å². The van der Waals surface area contributed by atoms with Crippen molar-refractivity contribution in [3.8, 4) is 0 Å². The molecule has 1 aliphatic carbocycles. The van der Waals surface area contributed by atoms with Gasteiger partial charge in [-0.05, 0) is 30.9 Å². The van der Waals surface area contributed by atoms with Crippen LogP contribution >= 0.6 is 0 Å². The van der Waals surface area contributed by atoms with Crippen LogP contribution in [0.15, 0.2) is 18.2 Å². The maximum atomic E-state index is 12.6. The van der Waals surface area contributed by atoms with Gasteiger partial charge < -0.3 is 0 Å². The van der Waals surface area contributed by atoms with Crippen LogP contribution in [0.3, 0.4) is 0 Å². The van der Waals surface area contributed by atoms with Crippen molar-refractivity contribution in [2.75, 3.05) is 0 Å². The molecule has 0 bridgehead atoms. The van der Waals surface area contributed by atoms with E-state index in [-0.39, 0.29) is 17.2 Å². The highest BCUT2D eigenvalue weighted by Gasteiger charge is 2.52. The van der Waals surface area contributed by atoms with Crippen LogP contribution in [0.25, 0.3) is 0 Å². The average molecular weight is 286 g/mol. The molecule has 2 heterocycles. The zero-order valence-corrected chi connectivity index (χ0v) is 12.8. The summed E-state index contributed by atoms with van der Waals surface area (Å²) in [7, 11) is 0. The van der Waals surface area contributed by atoms with Crippen LogP contribution < -0.4 is 0 Å². The topological polar surface area (TPSA) is 50.3 Å². The summed E-state index contributed by atoms with van der Waals surface area (Å²) in [4.78, 5) is 30.9. The van der Waals surface area contributed by atoms with Gasteiger partial charge in [0.15, 0.2) is 0 Å². The number of imide groups is 1. The van der Waals surface area contributed by atoms with Crippen molar-refractivity contribution in [1.29, 1.82) is 0 Å². The third kappa shape index (κ3) is 2.47. The van der Waals surface area contributed by atoms with Crippen LogP contribution in [-0.4, -0.2) is 21.7 Å². The highest BCUT2D eigenvalue weighted by atomic mass is 16.2. The second kappa shape index (κ2) is 5.24. The second-order valence-electron chi connectivity index (χ2n) is 6.66. The molecule has 3 rings (SSSR count). The van der Waals surface area contributed by atoms with Crippen LogP contribution in [0.2, 0.25) is 0 Å². The molecule has 0 aromatic carbocycles. The standard InChI is InChI=1S/C17H22N2O2/c1-12(2)14-7-5-6-13(18-14)11-19-15(20)10-17(16(19)21)8-3-4-9-17/h5-7,12H,3-4,8-11H2,1-2H3. The quantitative estimate of drug-likeness (QED) is 0.803. The van der Waals surface area contributed by atoms with Gasteiger partial charge >= 0.3 is 0 Å². The monoisotopic (exact) mass is 286 g/mol. The molecule has 0 unspecified atom stereocenters. The molecule has 1 saturated heterocycles. The number of nitrogens with zero attached hydrogens (tertiary/aromatic N) is 2. The Hall–Kier alpha value is -1.71. The smallest absolute Gasteiger partial charge is 0.236 e. The molecule has 0 atom stereocenters. The van der Waals surface area contributed by atoms with Crippen molar-refractivity contribution in [2.45, 2.75) is 58.4 Å². The third-order valence-electron chi connectivity index (χ3n) is 4.79. The minimum Gasteiger partial charge on any atom is -0.276 e. The Kier molecular flexibility index (Phi) is 3.56. The van der Waals surface area contributed by atoms with Crippen molar-refractivity contribution in [1.82, 2.24) is 9.88 Å². The van der Waals surface area contributed by atoms with E-state index in [2.05, 4.69) is 18.8 Å². The van der Waals surface area contributed by atoms with Crippen LogP contribution in [0, 0.1) is 5.41 Å². The van der Waals surface area contributed by atoms with Crippen molar-refractivity contribution in [2.24, 2.45) is 5.41 Å². The van der Waals surface area contributed by atoms with Crippen molar-refractivity contribution in [3.63, 3.8) is 0 Å². The van der Waals surface area contributed by atoms with Gasteiger partial charge in [0.1, 0.15) is 0 Å². The van der Waals surface area contributed by atoms with Crippen molar-refractivity contribution < 1.29 is 9.59 Å². The zero-order chi connectivity index (χ0) is 15.0. The minimum atomic E-state index is -0.382. The lowest BCUT2D eigenvalue weighted by Crippen LogP contribution is -2.34. The first-order chi connectivity index (χ1) is 10.0. The molecule has 1 saturated carbocycles. The molecular weight excluding hydrogens is 264 g/mol. The van der Waals surface area contributed by atoms with Gasteiger partial charge in [-0.3, -0.25) is 19.5 Å². The fraction of sp³-hybridized carbons (Fsp3) is 0.588. The molecule has 112 valence electrons. The molecule has 1 aromatic rings. The number of amides is 2. The molecule has 1 spiro atoms. The van der Waals surface area contributed by atoms with Gasteiger partial charge in [0.2, 0.25) is 11.8 Å². The van der Waals surface area contributed by atoms with E-state index >= 15 is 0 Å². The zero-order valence-electron chi connectivity index (χ0n) is 12.8. The predicted octanol–water partition coefficient (Wildman–Crippen LogP) is 3.02. The number of rotatable bonds is 3. The molecular formula is C17H22N2O2. The molecule has 1 aliphatic heterocycles. The van der Waals surface area contributed by atoms with E-state index in [0.717, 1.165) is 37.1 Å². The van der Waals surface area contributed by atoms with E-state index < -0.39 is 0 Å². The molecule has 2 fully saturated rings. The van der Waals surface area contributed by atoms with E-state index in [0.29, 0.717) is 18.9 Å². The van der Waals surface area contributed by atoms with Crippen molar-refractivity contribution >= 4 is 11.8 Å². The van der Waals surface area contributed by atoms with E-state index in [1.807, 2.05) is 18.2 Å². The van der Waals surface area contributed by atoms with Crippen LogP contribution in [-0.2, 0) is 16.1 Å². The molecule has 2 aliphatic rings. The van der Waals surface area contributed by atoms with Gasteiger partial charge in [0.25, 0.3) is 0 Å². The number of hydrogen-bond donors (Lipinski definition) is 0. The second-order valence-corrected chi connectivity index (χ2v) is 6.66. The summed E-state index contributed by atoms with van der Waals surface area (Å²) in [5, 5.41) is 0. The SMILES string of the molecule is CC(C)c1cccc(CN2C(=O)CC3(CCCC3)C2=O)n1. The first-order valence-electron chi connectivity index (χ1n) is 7.82. The Morgan fingerprint density at radius 3 is 2.62 bits per heavy atom. The average Bonchev–Trinajstić information content (AvgIpc) is 3.01. The lowest BCUT2D eigenvalue weighted by atomic mass is 9.84. The van der Waals surface area contributed by atoms with Gasteiger partial charge in [-0.25, -0.2) is 0 Å². The highest BCUT2D eigenvalue weighted by molar-refractivity contribution is 6.05. The molecule has 21 heavy (non-hydrogen) atoms. The molecule has 0 N–H and O–H groups in total. The molecule has 1 aromatic heterocycles. The van der Waals surface area contributed by atoms with Gasteiger partial charge in [-0.1, -0.05) is 32.8 Å². The number of likely N-dealkylation sites (tertiary alicyclic amines) is 1. The summed E-state index contributed by atoms with van der Waals surface area (Å²) < 4.78 is 0. The Labute approximate surface area is 125 Å².